The van der Waals surface area contributed by atoms with Crippen LogP contribution in [0.1, 0.15) is 22.0 Å². The van der Waals surface area contributed by atoms with Crippen LogP contribution in [-0.4, -0.2) is 43.5 Å². The predicted molar refractivity (Wildman–Crippen MR) is 102 cm³/mol. The van der Waals surface area contributed by atoms with E-state index in [9.17, 15) is 19.5 Å². The molecule has 2 aromatic rings. The first-order chi connectivity index (χ1) is 13.9. The monoisotopic (exact) mass is 392 g/mol. The number of amides is 3. The zero-order valence-corrected chi connectivity index (χ0v) is 15.8. The van der Waals surface area contributed by atoms with Crippen LogP contribution in [0.25, 0.3) is 0 Å². The van der Waals surface area contributed by atoms with Crippen molar-refractivity contribution in [3.8, 4) is 5.75 Å². The summed E-state index contributed by atoms with van der Waals surface area (Å²) in [6.07, 6.45) is 0. The second-order valence-corrected chi connectivity index (χ2v) is 6.80. The lowest BCUT2D eigenvalue weighted by molar-refractivity contribution is -0.255. The highest BCUT2D eigenvalue weighted by Crippen LogP contribution is 2.37. The van der Waals surface area contributed by atoms with E-state index in [0.29, 0.717) is 22.7 Å². The Labute approximate surface area is 167 Å². The maximum Gasteiger partial charge on any atom is 0.322 e. The van der Waals surface area contributed by atoms with Crippen molar-refractivity contribution in [3.05, 3.63) is 70.9 Å². The molecule has 0 bridgehead atoms. The van der Waals surface area contributed by atoms with E-state index in [1.807, 2.05) is 12.1 Å². The van der Waals surface area contributed by atoms with Crippen LogP contribution in [0.15, 0.2) is 59.8 Å². The van der Waals surface area contributed by atoms with E-state index < -0.39 is 12.0 Å². The lowest BCUT2D eigenvalue weighted by Gasteiger charge is -2.31. The maximum atomic E-state index is 13.3. The number of urea groups is 1. The van der Waals surface area contributed by atoms with Crippen molar-refractivity contribution >= 4 is 23.6 Å². The number of nitrogens with one attached hydrogen (secondary N) is 1. The van der Waals surface area contributed by atoms with Crippen molar-refractivity contribution in [1.29, 1.82) is 0 Å². The molecule has 8 heteroatoms. The molecule has 148 valence electrons. The molecule has 0 aliphatic carbocycles. The number of rotatable bonds is 4. The zero-order chi connectivity index (χ0) is 20.7. The number of ether oxygens (including phenoxy) is 1. The van der Waals surface area contributed by atoms with Crippen LogP contribution in [0.5, 0.6) is 5.75 Å². The van der Waals surface area contributed by atoms with Gasteiger partial charge < -0.3 is 24.9 Å². The molecule has 2 heterocycles. The minimum atomic E-state index is -1.28. The topological polar surface area (TPSA) is 102 Å². The second-order valence-electron chi connectivity index (χ2n) is 6.80. The molecule has 0 spiro atoms. The summed E-state index contributed by atoms with van der Waals surface area (Å²) in [6, 6.07) is 12.2. The highest BCUT2D eigenvalue weighted by atomic mass is 16.5. The summed E-state index contributed by atoms with van der Waals surface area (Å²) in [5.41, 5.74) is 2.44. The number of likely N-dealkylation sites (N-methyl/N-ethyl adjacent to an activating group) is 1. The summed E-state index contributed by atoms with van der Waals surface area (Å²) in [7, 11) is 3.18. The molecule has 4 rings (SSSR count). The molecular weight excluding hydrogens is 374 g/mol. The molecule has 1 N–H and O–H groups in total. The molecular formula is C21H18N3O5-. The highest BCUT2D eigenvalue weighted by Gasteiger charge is 2.43. The molecule has 0 radical (unpaired) electrons. The normalized spacial score (nSPS) is 18.6. The quantitative estimate of drug-likeness (QED) is 0.838. The number of carboxylic acids is 1. The first-order valence-electron chi connectivity index (χ1n) is 8.95. The Morgan fingerprint density at radius 2 is 1.76 bits per heavy atom. The van der Waals surface area contributed by atoms with Gasteiger partial charge in [-0.2, -0.15) is 0 Å². The lowest BCUT2D eigenvalue weighted by atomic mass is 9.95. The average Bonchev–Trinajstić information content (AvgIpc) is 3.08. The van der Waals surface area contributed by atoms with Crippen molar-refractivity contribution in [3.63, 3.8) is 0 Å². The van der Waals surface area contributed by atoms with E-state index in [1.165, 1.54) is 21.9 Å². The van der Waals surface area contributed by atoms with Gasteiger partial charge in [-0.15, -0.1) is 0 Å². The van der Waals surface area contributed by atoms with Gasteiger partial charge in [0.1, 0.15) is 5.75 Å². The van der Waals surface area contributed by atoms with Gasteiger partial charge in [-0.3, -0.25) is 9.69 Å². The van der Waals surface area contributed by atoms with Gasteiger partial charge in [0.2, 0.25) is 0 Å². The molecule has 1 unspecified atom stereocenters. The van der Waals surface area contributed by atoms with Crippen LogP contribution in [0.3, 0.4) is 0 Å². The number of carbonyl (C=O) groups is 3. The molecule has 0 fully saturated rings. The van der Waals surface area contributed by atoms with Crippen molar-refractivity contribution < 1.29 is 24.2 Å². The number of carboxylic acid groups (broad SMARTS) is 1. The molecule has 3 amide bonds. The number of hydrogen-bond donors (Lipinski definition) is 1. The number of hydrogen-bond acceptors (Lipinski definition) is 5. The molecule has 2 aliphatic heterocycles. The number of nitrogens with zero attached hydrogens (tertiary/aromatic N) is 2. The summed E-state index contributed by atoms with van der Waals surface area (Å²) >= 11 is 0. The van der Waals surface area contributed by atoms with Gasteiger partial charge in [-0.25, -0.2) is 4.79 Å². The summed E-state index contributed by atoms with van der Waals surface area (Å²) in [6.45, 7) is 0.218. The number of methoxy groups -OCH3 is 1. The number of benzene rings is 2. The standard InChI is InChI=1S/C21H19N3O5/c1-23-16-11-24(14-7-3-13(4-8-14)20(26)27)19(25)17(16)18(22-21(23)28)12-5-9-15(29-2)10-6-12/h3-10,18H,11H2,1-2H3,(H,22,28)(H,26,27)/p-1. The number of aromatic carboxylic acids is 1. The summed E-state index contributed by atoms with van der Waals surface area (Å²) < 4.78 is 5.17. The second kappa shape index (κ2) is 6.97. The highest BCUT2D eigenvalue weighted by molar-refractivity contribution is 6.11. The third-order valence-electron chi connectivity index (χ3n) is 5.22. The Kier molecular flexibility index (Phi) is 4.46. The van der Waals surface area contributed by atoms with Gasteiger partial charge in [-0.05, 0) is 35.4 Å². The van der Waals surface area contributed by atoms with Crippen molar-refractivity contribution in [2.24, 2.45) is 0 Å². The van der Waals surface area contributed by atoms with Crippen molar-refractivity contribution in [1.82, 2.24) is 10.2 Å². The SMILES string of the molecule is COc1ccc(C2NC(=O)N(C)C3=C2C(=O)N(c2ccc(C(=O)[O-])cc2)C3)cc1. The van der Waals surface area contributed by atoms with E-state index in [1.54, 1.807) is 38.4 Å². The Morgan fingerprint density at radius 1 is 1.10 bits per heavy atom. The van der Waals surface area contributed by atoms with Gasteiger partial charge in [0.25, 0.3) is 5.91 Å². The molecule has 1 atom stereocenters. The minimum absolute atomic E-state index is 0.0307. The smallest absolute Gasteiger partial charge is 0.322 e. The zero-order valence-electron chi connectivity index (χ0n) is 15.8. The van der Waals surface area contributed by atoms with Crippen molar-refractivity contribution in [2.45, 2.75) is 6.04 Å². The van der Waals surface area contributed by atoms with E-state index >= 15 is 0 Å². The van der Waals surface area contributed by atoms with Crippen LogP contribution in [0, 0.1) is 0 Å². The molecule has 2 aromatic carbocycles. The first-order valence-corrected chi connectivity index (χ1v) is 8.95. The Hall–Kier alpha value is -3.81. The number of anilines is 1. The molecule has 0 aromatic heterocycles. The maximum absolute atomic E-state index is 13.3. The third-order valence-corrected chi connectivity index (χ3v) is 5.22. The molecule has 8 nitrogen and oxygen atoms in total. The van der Waals surface area contributed by atoms with Gasteiger partial charge in [0.05, 0.1) is 36.9 Å². The van der Waals surface area contributed by atoms with E-state index in [2.05, 4.69) is 5.32 Å². The van der Waals surface area contributed by atoms with E-state index in [0.717, 1.165) is 5.56 Å². The van der Waals surface area contributed by atoms with Gasteiger partial charge >= 0.3 is 6.03 Å². The first kappa shape index (κ1) is 18.5. The summed E-state index contributed by atoms with van der Waals surface area (Å²) in [5, 5.41) is 13.8. The lowest BCUT2D eigenvalue weighted by Crippen LogP contribution is -2.45. The van der Waals surface area contributed by atoms with Gasteiger partial charge in [0, 0.05) is 12.7 Å². The predicted octanol–water partition coefficient (Wildman–Crippen LogP) is 1.06. The molecule has 29 heavy (non-hydrogen) atoms. The average molecular weight is 392 g/mol. The van der Waals surface area contributed by atoms with Crippen LogP contribution < -0.4 is 20.1 Å². The molecule has 0 saturated carbocycles. The molecule has 2 aliphatic rings. The van der Waals surface area contributed by atoms with Crippen LogP contribution in [0.2, 0.25) is 0 Å². The Balaban J connectivity index is 1.70. The van der Waals surface area contributed by atoms with Crippen molar-refractivity contribution in [2.75, 3.05) is 25.6 Å². The Bertz CT molecular complexity index is 1030. The van der Waals surface area contributed by atoms with Crippen LogP contribution in [0.4, 0.5) is 10.5 Å². The molecule has 0 saturated heterocycles. The van der Waals surface area contributed by atoms with Gasteiger partial charge in [0.15, 0.2) is 0 Å². The van der Waals surface area contributed by atoms with Crippen LogP contribution >= 0.6 is 0 Å². The van der Waals surface area contributed by atoms with E-state index in [-0.39, 0.29) is 24.0 Å². The fourth-order valence-electron chi connectivity index (χ4n) is 3.60. The van der Waals surface area contributed by atoms with Gasteiger partial charge in [-0.1, -0.05) is 24.3 Å². The Morgan fingerprint density at radius 3 is 2.34 bits per heavy atom. The van der Waals surface area contributed by atoms with E-state index in [4.69, 9.17) is 4.74 Å². The summed E-state index contributed by atoms with van der Waals surface area (Å²) in [5.74, 6) is -0.848. The number of carbonyl (C=O) groups excluding carboxylic acids is 3. The fourth-order valence-corrected chi connectivity index (χ4v) is 3.60. The fraction of sp³-hybridized carbons (Fsp3) is 0.190. The van der Waals surface area contributed by atoms with Crippen LogP contribution in [-0.2, 0) is 4.79 Å². The largest absolute Gasteiger partial charge is 0.545 e. The minimum Gasteiger partial charge on any atom is -0.545 e. The third kappa shape index (κ3) is 3.08. The summed E-state index contributed by atoms with van der Waals surface area (Å²) in [4.78, 5) is 39.6.